The van der Waals surface area contributed by atoms with Crippen LogP contribution in [0.1, 0.15) is 10.4 Å². The first-order valence-corrected chi connectivity index (χ1v) is 5.89. The molecule has 2 aromatic rings. The van der Waals surface area contributed by atoms with Gasteiger partial charge in [-0.25, -0.2) is 0 Å². The molecule has 9 heteroatoms. The van der Waals surface area contributed by atoms with Gasteiger partial charge >= 0.3 is 5.69 Å². The molecule has 0 saturated carbocycles. The standard InChI is InChI=1S/C13H8FN3O5/c14-9-6-7-10(16(19)20)11(12(9)17(21)22)13(18)15-8-4-2-1-3-5-8/h1-7H,(H,15,18). The topological polar surface area (TPSA) is 115 Å². The van der Waals surface area contributed by atoms with Gasteiger partial charge in [-0.05, 0) is 18.2 Å². The number of nitrogens with one attached hydrogen (secondary N) is 1. The van der Waals surface area contributed by atoms with Crippen molar-refractivity contribution < 1.29 is 19.0 Å². The lowest BCUT2D eigenvalue weighted by molar-refractivity contribution is -0.396. The van der Waals surface area contributed by atoms with Crippen molar-refractivity contribution in [3.63, 3.8) is 0 Å². The van der Waals surface area contributed by atoms with E-state index in [0.29, 0.717) is 12.1 Å². The molecule has 0 aromatic heterocycles. The summed E-state index contributed by atoms with van der Waals surface area (Å²) >= 11 is 0. The average molecular weight is 305 g/mol. The van der Waals surface area contributed by atoms with Crippen molar-refractivity contribution in [1.29, 1.82) is 0 Å². The minimum atomic E-state index is -1.33. The number of hydrogen-bond donors (Lipinski definition) is 1. The number of anilines is 1. The molecule has 0 fully saturated rings. The third kappa shape index (κ3) is 2.87. The van der Waals surface area contributed by atoms with E-state index in [9.17, 15) is 29.4 Å². The first kappa shape index (κ1) is 15.0. The van der Waals surface area contributed by atoms with Gasteiger partial charge in [0.1, 0.15) is 0 Å². The number of benzene rings is 2. The van der Waals surface area contributed by atoms with Crippen LogP contribution in [0.25, 0.3) is 0 Å². The molecule has 0 aliphatic heterocycles. The minimum Gasteiger partial charge on any atom is -0.322 e. The average Bonchev–Trinajstić information content (AvgIpc) is 2.47. The van der Waals surface area contributed by atoms with E-state index in [-0.39, 0.29) is 5.69 Å². The number of nitrogens with zero attached hydrogens (tertiary/aromatic N) is 2. The van der Waals surface area contributed by atoms with Crippen molar-refractivity contribution in [2.45, 2.75) is 0 Å². The zero-order valence-corrected chi connectivity index (χ0v) is 10.9. The van der Waals surface area contributed by atoms with Crippen LogP contribution in [0.5, 0.6) is 0 Å². The summed E-state index contributed by atoms with van der Waals surface area (Å²) in [5, 5.41) is 24.1. The van der Waals surface area contributed by atoms with E-state index in [4.69, 9.17) is 0 Å². The lowest BCUT2D eigenvalue weighted by atomic mass is 10.1. The Morgan fingerprint density at radius 3 is 2.18 bits per heavy atom. The van der Waals surface area contributed by atoms with Crippen LogP contribution in [0.2, 0.25) is 0 Å². The van der Waals surface area contributed by atoms with Gasteiger partial charge in [0, 0.05) is 11.8 Å². The lowest BCUT2D eigenvalue weighted by Crippen LogP contribution is -2.17. The summed E-state index contributed by atoms with van der Waals surface area (Å²) in [5.74, 6) is -2.46. The molecule has 0 aliphatic carbocycles. The zero-order valence-electron chi connectivity index (χ0n) is 10.9. The molecule has 0 atom stereocenters. The highest BCUT2D eigenvalue weighted by Crippen LogP contribution is 2.31. The van der Waals surface area contributed by atoms with Crippen LogP contribution in [0.15, 0.2) is 42.5 Å². The van der Waals surface area contributed by atoms with Gasteiger partial charge in [-0.2, -0.15) is 4.39 Å². The van der Waals surface area contributed by atoms with Crippen molar-refractivity contribution in [3.8, 4) is 0 Å². The monoisotopic (exact) mass is 305 g/mol. The maximum absolute atomic E-state index is 13.6. The van der Waals surface area contributed by atoms with Crippen LogP contribution in [0.3, 0.4) is 0 Å². The molecule has 1 amide bonds. The number of carbonyl (C=O) groups excluding carboxylic acids is 1. The molecule has 2 aromatic carbocycles. The Morgan fingerprint density at radius 1 is 1.00 bits per heavy atom. The van der Waals surface area contributed by atoms with Crippen LogP contribution in [0, 0.1) is 26.0 Å². The highest BCUT2D eigenvalue weighted by molar-refractivity contribution is 6.10. The second kappa shape index (κ2) is 5.95. The van der Waals surface area contributed by atoms with Crippen LogP contribution < -0.4 is 5.32 Å². The second-order valence-corrected chi connectivity index (χ2v) is 4.12. The molecule has 0 heterocycles. The summed E-state index contributed by atoms with van der Waals surface area (Å²) in [4.78, 5) is 31.9. The molecular weight excluding hydrogens is 297 g/mol. The minimum absolute atomic E-state index is 0.264. The molecule has 2 rings (SSSR count). The van der Waals surface area contributed by atoms with Gasteiger partial charge in [0.15, 0.2) is 5.56 Å². The normalized spacial score (nSPS) is 10.0. The molecule has 0 saturated heterocycles. The van der Waals surface area contributed by atoms with Crippen molar-refractivity contribution in [2.24, 2.45) is 0 Å². The van der Waals surface area contributed by atoms with Crippen molar-refractivity contribution in [1.82, 2.24) is 0 Å². The number of hydrogen-bond acceptors (Lipinski definition) is 5. The van der Waals surface area contributed by atoms with Gasteiger partial charge in [-0.1, -0.05) is 18.2 Å². The Kier molecular flexibility index (Phi) is 4.07. The van der Waals surface area contributed by atoms with Crippen LogP contribution in [-0.4, -0.2) is 15.8 Å². The lowest BCUT2D eigenvalue weighted by Gasteiger charge is -2.06. The summed E-state index contributed by atoms with van der Waals surface area (Å²) in [5.41, 5.74) is -2.75. The first-order valence-electron chi connectivity index (χ1n) is 5.89. The fourth-order valence-corrected chi connectivity index (χ4v) is 1.82. The quantitative estimate of drug-likeness (QED) is 0.688. The Morgan fingerprint density at radius 2 is 1.64 bits per heavy atom. The van der Waals surface area contributed by atoms with E-state index in [1.54, 1.807) is 18.2 Å². The second-order valence-electron chi connectivity index (χ2n) is 4.12. The Balaban J connectivity index is 2.56. The maximum atomic E-state index is 13.6. The summed E-state index contributed by atoms with van der Waals surface area (Å²) in [6.45, 7) is 0. The van der Waals surface area contributed by atoms with E-state index in [2.05, 4.69) is 5.32 Å². The van der Waals surface area contributed by atoms with E-state index in [0.717, 1.165) is 0 Å². The first-order chi connectivity index (χ1) is 10.4. The highest BCUT2D eigenvalue weighted by atomic mass is 19.1. The predicted octanol–water partition coefficient (Wildman–Crippen LogP) is 2.89. The smallest absolute Gasteiger partial charge is 0.322 e. The van der Waals surface area contributed by atoms with Crippen LogP contribution >= 0.6 is 0 Å². The van der Waals surface area contributed by atoms with Crippen molar-refractivity contribution >= 4 is 23.0 Å². The van der Waals surface area contributed by atoms with Gasteiger partial charge in [-0.3, -0.25) is 25.0 Å². The van der Waals surface area contributed by atoms with Gasteiger partial charge < -0.3 is 5.32 Å². The van der Waals surface area contributed by atoms with Crippen molar-refractivity contribution in [2.75, 3.05) is 5.32 Å². The molecule has 8 nitrogen and oxygen atoms in total. The largest absolute Gasteiger partial charge is 0.324 e. The Hall–Kier alpha value is -3.36. The molecule has 0 radical (unpaired) electrons. The molecular formula is C13H8FN3O5. The summed E-state index contributed by atoms with van der Waals surface area (Å²) in [6, 6.07) is 9.10. The molecule has 22 heavy (non-hydrogen) atoms. The number of halogens is 1. The summed E-state index contributed by atoms with van der Waals surface area (Å²) in [6.07, 6.45) is 0. The number of nitro groups is 2. The molecule has 1 N–H and O–H groups in total. The number of para-hydroxylation sites is 1. The van der Waals surface area contributed by atoms with Crippen LogP contribution in [-0.2, 0) is 0 Å². The Bertz CT molecular complexity index is 764. The molecule has 0 bridgehead atoms. The molecule has 0 unspecified atom stereocenters. The van der Waals surface area contributed by atoms with E-state index in [1.165, 1.54) is 12.1 Å². The molecule has 112 valence electrons. The third-order valence-corrected chi connectivity index (χ3v) is 2.74. The predicted molar refractivity (Wildman–Crippen MR) is 74.1 cm³/mol. The number of rotatable bonds is 4. The van der Waals surface area contributed by atoms with Crippen LogP contribution in [0.4, 0.5) is 21.5 Å². The summed E-state index contributed by atoms with van der Waals surface area (Å²) in [7, 11) is 0. The SMILES string of the molecule is O=C(Nc1ccccc1)c1c([N+](=O)[O-])ccc(F)c1[N+](=O)[O-]. The van der Waals surface area contributed by atoms with Crippen molar-refractivity contribution in [3.05, 3.63) is 74.1 Å². The van der Waals surface area contributed by atoms with Gasteiger partial charge in [0.25, 0.3) is 11.6 Å². The molecule has 0 spiro atoms. The fourth-order valence-electron chi connectivity index (χ4n) is 1.82. The van der Waals surface area contributed by atoms with Gasteiger partial charge in [0.05, 0.1) is 9.85 Å². The molecule has 0 aliphatic rings. The highest BCUT2D eigenvalue weighted by Gasteiger charge is 2.34. The van der Waals surface area contributed by atoms with Gasteiger partial charge in [0.2, 0.25) is 5.82 Å². The number of carbonyl (C=O) groups is 1. The van der Waals surface area contributed by atoms with E-state index >= 15 is 0 Å². The van der Waals surface area contributed by atoms with Gasteiger partial charge in [-0.15, -0.1) is 0 Å². The maximum Gasteiger partial charge on any atom is 0.324 e. The summed E-state index contributed by atoms with van der Waals surface area (Å²) < 4.78 is 13.6. The van der Waals surface area contributed by atoms with E-state index < -0.39 is 38.5 Å². The fraction of sp³-hybridized carbons (Fsp3) is 0. The third-order valence-electron chi connectivity index (χ3n) is 2.74. The number of amides is 1. The Labute approximate surface area is 122 Å². The van der Waals surface area contributed by atoms with E-state index in [1.807, 2.05) is 0 Å². The zero-order chi connectivity index (χ0) is 16.3. The number of nitro benzene ring substituents is 2.